The standard InChI is InChI=1S/C17H28N2O2/c1-6-12-8-9-15(13(10-12)17(3,4)5)21-11-14(16(18)20)19-7-2/h8-10,14,19H,6-7,11H2,1-5H3,(H2,18,20). The number of carbonyl (C=O) groups excluding carboxylic acids is 1. The molecule has 3 N–H and O–H groups in total. The average molecular weight is 292 g/mol. The molecule has 0 aliphatic carbocycles. The van der Waals surface area contributed by atoms with Crippen LogP contribution in [0, 0.1) is 0 Å². The van der Waals surface area contributed by atoms with Crippen molar-refractivity contribution in [1.29, 1.82) is 0 Å². The fourth-order valence-electron chi connectivity index (χ4n) is 2.17. The predicted octanol–water partition coefficient (Wildman–Crippen LogP) is 2.39. The second-order valence-electron chi connectivity index (χ2n) is 6.26. The molecule has 0 bridgehead atoms. The molecule has 0 saturated heterocycles. The van der Waals surface area contributed by atoms with Crippen LogP contribution in [0.1, 0.15) is 45.7 Å². The largest absolute Gasteiger partial charge is 0.491 e. The first-order valence-corrected chi connectivity index (χ1v) is 7.58. The summed E-state index contributed by atoms with van der Waals surface area (Å²) in [6, 6.07) is 5.77. The van der Waals surface area contributed by atoms with Crippen LogP contribution in [0.2, 0.25) is 0 Å². The van der Waals surface area contributed by atoms with E-state index in [1.165, 1.54) is 5.56 Å². The van der Waals surface area contributed by atoms with Crippen molar-refractivity contribution in [2.75, 3.05) is 13.2 Å². The summed E-state index contributed by atoms with van der Waals surface area (Å²) in [5.41, 5.74) is 7.80. The van der Waals surface area contributed by atoms with Crippen LogP contribution in [0.5, 0.6) is 5.75 Å². The molecule has 0 aliphatic rings. The lowest BCUT2D eigenvalue weighted by Gasteiger charge is -2.25. The minimum Gasteiger partial charge on any atom is -0.491 e. The van der Waals surface area contributed by atoms with Crippen molar-refractivity contribution in [2.24, 2.45) is 5.73 Å². The molecule has 0 aliphatic heterocycles. The Labute approximate surface area is 128 Å². The van der Waals surface area contributed by atoms with Crippen molar-refractivity contribution in [1.82, 2.24) is 5.32 Å². The zero-order valence-corrected chi connectivity index (χ0v) is 13.8. The molecule has 0 saturated carbocycles. The molecule has 1 aromatic carbocycles. The number of rotatable bonds is 7. The van der Waals surface area contributed by atoms with E-state index in [4.69, 9.17) is 10.5 Å². The SMILES string of the molecule is CCNC(COc1ccc(CC)cc1C(C)(C)C)C(N)=O. The Hall–Kier alpha value is -1.55. The van der Waals surface area contributed by atoms with Gasteiger partial charge in [0, 0.05) is 0 Å². The minimum absolute atomic E-state index is 0.0130. The van der Waals surface area contributed by atoms with E-state index in [1.807, 2.05) is 13.0 Å². The van der Waals surface area contributed by atoms with Crippen LogP contribution < -0.4 is 15.8 Å². The highest BCUT2D eigenvalue weighted by molar-refractivity contribution is 5.80. The number of ether oxygens (including phenoxy) is 1. The van der Waals surface area contributed by atoms with E-state index in [-0.39, 0.29) is 17.9 Å². The molecule has 0 radical (unpaired) electrons. The zero-order chi connectivity index (χ0) is 16.0. The molecular weight excluding hydrogens is 264 g/mol. The van der Waals surface area contributed by atoms with Crippen LogP contribution in [0.4, 0.5) is 0 Å². The maximum Gasteiger partial charge on any atom is 0.238 e. The molecule has 0 heterocycles. The molecule has 21 heavy (non-hydrogen) atoms. The number of nitrogens with one attached hydrogen (secondary N) is 1. The number of benzene rings is 1. The molecule has 4 heteroatoms. The Balaban J connectivity index is 2.94. The van der Waals surface area contributed by atoms with E-state index >= 15 is 0 Å². The third-order valence-electron chi connectivity index (χ3n) is 3.46. The molecular formula is C17H28N2O2. The van der Waals surface area contributed by atoms with E-state index < -0.39 is 6.04 Å². The van der Waals surface area contributed by atoms with Crippen LogP contribution in [-0.4, -0.2) is 25.1 Å². The van der Waals surface area contributed by atoms with Gasteiger partial charge in [-0.25, -0.2) is 0 Å². The number of aryl methyl sites for hydroxylation is 1. The first-order chi connectivity index (χ1) is 9.79. The summed E-state index contributed by atoms with van der Waals surface area (Å²) >= 11 is 0. The van der Waals surface area contributed by atoms with Crippen molar-refractivity contribution in [3.63, 3.8) is 0 Å². The van der Waals surface area contributed by atoms with Gasteiger partial charge in [-0.05, 0) is 35.6 Å². The fraction of sp³-hybridized carbons (Fsp3) is 0.588. The summed E-state index contributed by atoms with van der Waals surface area (Å²) in [4.78, 5) is 11.4. The number of primary amides is 1. The van der Waals surface area contributed by atoms with Gasteiger partial charge < -0.3 is 15.8 Å². The van der Waals surface area contributed by atoms with Crippen LogP contribution >= 0.6 is 0 Å². The summed E-state index contributed by atoms with van der Waals surface area (Å²) in [6.07, 6.45) is 0.991. The van der Waals surface area contributed by atoms with E-state index in [9.17, 15) is 4.79 Å². The summed E-state index contributed by atoms with van der Waals surface area (Å²) in [6.45, 7) is 11.5. The van der Waals surface area contributed by atoms with Gasteiger partial charge in [-0.3, -0.25) is 4.79 Å². The lowest BCUT2D eigenvalue weighted by Crippen LogP contribution is -2.45. The smallest absolute Gasteiger partial charge is 0.238 e. The Kier molecular flexibility index (Phi) is 6.21. The summed E-state index contributed by atoms with van der Waals surface area (Å²) in [7, 11) is 0. The van der Waals surface area contributed by atoms with E-state index in [1.54, 1.807) is 0 Å². The van der Waals surface area contributed by atoms with Crippen LogP contribution in [0.3, 0.4) is 0 Å². The first-order valence-electron chi connectivity index (χ1n) is 7.58. The second-order valence-corrected chi connectivity index (χ2v) is 6.26. The maximum atomic E-state index is 11.4. The summed E-state index contributed by atoms with van der Waals surface area (Å²) < 4.78 is 5.88. The molecule has 1 unspecified atom stereocenters. The molecule has 1 atom stereocenters. The third-order valence-corrected chi connectivity index (χ3v) is 3.46. The highest BCUT2D eigenvalue weighted by Crippen LogP contribution is 2.32. The van der Waals surface area contributed by atoms with Gasteiger partial charge in [-0.15, -0.1) is 0 Å². The Bertz CT molecular complexity index is 478. The Morgan fingerprint density at radius 3 is 2.48 bits per heavy atom. The molecule has 0 aromatic heterocycles. The predicted molar refractivity (Wildman–Crippen MR) is 86.7 cm³/mol. The topological polar surface area (TPSA) is 64.3 Å². The van der Waals surface area contributed by atoms with Gasteiger partial charge >= 0.3 is 0 Å². The highest BCUT2D eigenvalue weighted by atomic mass is 16.5. The number of carbonyl (C=O) groups is 1. The number of nitrogens with two attached hydrogens (primary N) is 1. The van der Waals surface area contributed by atoms with Gasteiger partial charge in [0.25, 0.3) is 0 Å². The molecule has 4 nitrogen and oxygen atoms in total. The van der Waals surface area contributed by atoms with Crippen molar-refractivity contribution < 1.29 is 9.53 Å². The molecule has 0 spiro atoms. The molecule has 1 aromatic rings. The normalized spacial score (nSPS) is 13.0. The molecule has 1 rings (SSSR count). The van der Waals surface area contributed by atoms with Gasteiger partial charge in [0.05, 0.1) is 0 Å². The summed E-state index contributed by atoms with van der Waals surface area (Å²) in [5, 5.41) is 3.03. The summed E-state index contributed by atoms with van der Waals surface area (Å²) in [5.74, 6) is 0.434. The number of hydrogen-bond acceptors (Lipinski definition) is 3. The third kappa shape index (κ3) is 5.05. The van der Waals surface area contributed by atoms with Crippen molar-refractivity contribution >= 4 is 5.91 Å². The molecule has 1 amide bonds. The molecule has 0 fully saturated rings. The van der Waals surface area contributed by atoms with Gasteiger partial charge in [-0.1, -0.05) is 46.8 Å². The number of amides is 1. The maximum absolute atomic E-state index is 11.4. The Morgan fingerprint density at radius 1 is 1.33 bits per heavy atom. The van der Waals surface area contributed by atoms with Gasteiger partial charge in [-0.2, -0.15) is 0 Å². The van der Waals surface area contributed by atoms with Crippen molar-refractivity contribution in [2.45, 2.75) is 52.5 Å². The zero-order valence-electron chi connectivity index (χ0n) is 13.8. The first kappa shape index (κ1) is 17.5. The average Bonchev–Trinajstić information content (AvgIpc) is 2.42. The van der Waals surface area contributed by atoms with Gasteiger partial charge in [0.1, 0.15) is 18.4 Å². The quantitative estimate of drug-likeness (QED) is 0.811. The van der Waals surface area contributed by atoms with E-state index in [0.29, 0.717) is 6.54 Å². The number of hydrogen-bond donors (Lipinski definition) is 2. The fourth-order valence-corrected chi connectivity index (χ4v) is 2.17. The minimum atomic E-state index is -0.464. The van der Waals surface area contributed by atoms with Gasteiger partial charge in [0.15, 0.2) is 0 Å². The van der Waals surface area contributed by atoms with Crippen molar-refractivity contribution in [3.8, 4) is 5.75 Å². The lowest BCUT2D eigenvalue weighted by molar-refractivity contribution is -0.120. The van der Waals surface area contributed by atoms with E-state index in [2.05, 4.69) is 45.1 Å². The lowest BCUT2D eigenvalue weighted by atomic mass is 9.85. The Morgan fingerprint density at radius 2 is 2.00 bits per heavy atom. The van der Waals surface area contributed by atoms with Crippen LogP contribution in [-0.2, 0) is 16.6 Å². The van der Waals surface area contributed by atoms with Gasteiger partial charge in [0.2, 0.25) is 5.91 Å². The highest BCUT2D eigenvalue weighted by Gasteiger charge is 2.21. The van der Waals surface area contributed by atoms with Crippen molar-refractivity contribution in [3.05, 3.63) is 29.3 Å². The van der Waals surface area contributed by atoms with Crippen LogP contribution in [0.15, 0.2) is 18.2 Å². The number of likely N-dealkylation sites (N-methyl/N-ethyl adjacent to an activating group) is 1. The van der Waals surface area contributed by atoms with E-state index in [0.717, 1.165) is 17.7 Å². The second kappa shape index (κ2) is 7.46. The van der Waals surface area contributed by atoms with Crippen LogP contribution in [0.25, 0.3) is 0 Å². The molecule has 118 valence electrons. The monoisotopic (exact) mass is 292 g/mol.